The first-order chi connectivity index (χ1) is 10.4. The summed E-state index contributed by atoms with van der Waals surface area (Å²) >= 11 is 0. The first-order valence-corrected chi connectivity index (χ1v) is 9.32. The second kappa shape index (κ2) is 7.39. The van der Waals surface area contributed by atoms with E-state index in [0.29, 0.717) is 12.4 Å². The molecule has 2 unspecified atom stereocenters. The van der Waals surface area contributed by atoms with E-state index in [4.69, 9.17) is 0 Å². The molecule has 0 bridgehead atoms. The Bertz CT molecular complexity index is 574. The Labute approximate surface area is 132 Å². The van der Waals surface area contributed by atoms with Crippen molar-refractivity contribution in [1.29, 1.82) is 0 Å². The van der Waals surface area contributed by atoms with Crippen molar-refractivity contribution in [3.63, 3.8) is 0 Å². The Morgan fingerprint density at radius 3 is 2.86 bits per heavy atom. The zero-order valence-corrected chi connectivity index (χ0v) is 14.0. The molecule has 1 saturated heterocycles. The molecule has 124 valence electrons. The van der Waals surface area contributed by atoms with E-state index in [1.165, 1.54) is 6.20 Å². The van der Waals surface area contributed by atoms with E-state index in [2.05, 4.69) is 9.71 Å². The summed E-state index contributed by atoms with van der Waals surface area (Å²) in [5.74, 6) is 0.708. The summed E-state index contributed by atoms with van der Waals surface area (Å²) in [6.07, 6.45) is 4.50. The number of sulfonamides is 1. The molecule has 1 aliphatic rings. The molecule has 1 aromatic rings. The van der Waals surface area contributed by atoms with Crippen LogP contribution in [0.25, 0.3) is 0 Å². The van der Waals surface area contributed by atoms with Crippen LogP contribution in [-0.2, 0) is 10.0 Å². The lowest BCUT2D eigenvalue weighted by Crippen LogP contribution is -2.38. The van der Waals surface area contributed by atoms with Crippen LogP contribution in [0.3, 0.4) is 0 Å². The molecule has 2 heterocycles. The van der Waals surface area contributed by atoms with Gasteiger partial charge in [-0.15, -0.1) is 0 Å². The van der Waals surface area contributed by atoms with Gasteiger partial charge >= 0.3 is 0 Å². The van der Waals surface area contributed by atoms with Gasteiger partial charge in [0.25, 0.3) is 0 Å². The number of piperidine rings is 1. The number of nitrogens with one attached hydrogen (secondary N) is 1. The standard InChI is InChI=1S/C15H25N3O3S/c1-3-5-12(2)17-22(20,21)14-7-8-15(16-10-14)18-9-4-6-13(19)11-18/h7-8,10,12-13,17,19H,3-6,9,11H2,1-2H3. The number of anilines is 1. The summed E-state index contributed by atoms with van der Waals surface area (Å²) in [6, 6.07) is 3.19. The molecule has 2 rings (SSSR count). The van der Waals surface area contributed by atoms with E-state index in [9.17, 15) is 13.5 Å². The number of aliphatic hydroxyl groups excluding tert-OH is 1. The highest BCUT2D eigenvalue weighted by atomic mass is 32.2. The van der Waals surface area contributed by atoms with Crippen LogP contribution in [0, 0.1) is 0 Å². The highest BCUT2D eigenvalue weighted by Gasteiger charge is 2.21. The fourth-order valence-corrected chi connectivity index (χ4v) is 3.93. The molecule has 6 nitrogen and oxygen atoms in total. The SMILES string of the molecule is CCCC(C)NS(=O)(=O)c1ccc(N2CCCC(O)C2)nc1. The number of pyridine rings is 1. The molecule has 0 saturated carbocycles. The number of rotatable bonds is 6. The summed E-state index contributed by atoms with van der Waals surface area (Å²) in [5.41, 5.74) is 0. The molecule has 7 heteroatoms. The van der Waals surface area contributed by atoms with Crippen LogP contribution in [0.5, 0.6) is 0 Å². The first-order valence-electron chi connectivity index (χ1n) is 7.83. The summed E-state index contributed by atoms with van der Waals surface area (Å²) in [4.78, 5) is 6.41. The molecule has 0 amide bonds. The molecular formula is C15H25N3O3S. The number of hydrogen-bond donors (Lipinski definition) is 2. The Morgan fingerprint density at radius 1 is 1.50 bits per heavy atom. The minimum absolute atomic E-state index is 0.0908. The molecule has 0 aromatic carbocycles. The summed E-state index contributed by atoms with van der Waals surface area (Å²) < 4.78 is 27.2. The van der Waals surface area contributed by atoms with Crippen molar-refractivity contribution < 1.29 is 13.5 Å². The quantitative estimate of drug-likeness (QED) is 0.827. The van der Waals surface area contributed by atoms with E-state index in [0.717, 1.165) is 32.2 Å². The van der Waals surface area contributed by atoms with Gasteiger partial charge in [0.05, 0.1) is 6.10 Å². The molecule has 1 aromatic heterocycles. The van der Waals surface area contributed by atoms with E-state index in [1.54, 1.807) is 12.1 Å². The van der Waals surface area contributed by atoms with Crippen molar-refractivity contribution >= 4 is 15.8 Å². The summed E-state index contributed by atoms with van der Waals surface area (Å²) in [6.45, 7) is 5.26. The zero-order chi connectivity index (χ0) is 16.2. The Hall–Kier alpha value is -1.18. The van der Waals surface area contributed by atoms with Crippen molar-refractivity contribution in [2.45, 2.75) is 56.6 Å². The van der Waals surface area contributed by atoms with Crippen molar-refractivity contribution in [3.8, 4) is 0 Å². The minimum atomic E-state index is -3.52. The van der Waals surface area contributed by atoms with Gasteiger partial charge in [-0.3, -0.25) is 0 Å². The van der Waals surface area contributed by atoms with Crippen molar-refractivity contribution in [1.82, 2.24) is 9.71 Å². The van der Waals surface area contributed by atoms with Gasteiger partial charge in [0, 0.05) is 25.3 Å². The van der Waals surface area contributed by atoms with Crippen LogP contribution >= 0.6 is 0 Å². The van der Waals surface area contributed by atoms with Gasteiger partial charge in [-0.2, -0.15) is 0 Å². The van der Waals surface area contributed by atoms with E-state index in [-0.39, 0.29) is 17.0 Å². The second-order valence-corrected chi connectivity index (χ2v) is 7.62. The molecular weight excluding hydrogens is 302 g/mol. The average Bonchev–Trinajstić information content (AvgIpc) is 2.47. The number of hydrogen-bond acceptors (Lipinski definition) is 5. The second-order valence-electron chi connectivity index (χ2n) is 5.91. The monoisotopic (exact) mass is 327 g/mol. The third-order valence-electron chi connectivity index (χ3n) is 3.83. The predicted molar refractivity (Wildman–Crippen MR) is 86.4 cm³/mol. The van der Waals surface area contributed by atoms with E-state index < -0.39 is 10.0 Å². The van der Waals surface area contributed by atoms with E-state index >= 15 is 0 Å². The maximum absolute atomic E-state index is 12.3. The molecule has 0 spiro atoms. The topological polar surface area (TPSA) is 82.5 Å². The molecule has 1 fully saturated rings. The van der Waals surface area contributed by atoms with Crippen molar-refractivity contribution in [2.24, 2.45) is 0 Å². The lowest BCUT2D eigenvalue weighted by molar-refractivity contribution is 0.154. The van der Waals surface area contributed by atoms with Gasteiger partial charge in [-0.1, -0.05) is 13.3 Å². The van der Waals surface area contributed by atoms with Gasteiger partial charge in [-0.05, 0) is 38.3 Å². The smallest absolute Gasteiger partial charge is 0.242 e. The number of aliphatic hydroxyl groups is 1. The van der Waals surface area contributed by atoms with Gasteiger partial charge in [0.15, 0.2) is 0 Å². The van der Waals surface area contributed by atoms with Crippen molar-refractivity contribution in [2.75, 3.05) is 18.0 Å². The van der Waals surface area contributed by atoms with Crippen LogP contribution in [0.15, 0.2) is 23.2 Å². The fraction of sp³-hybridized carbons (Fsp3) is 0.667. The lowest BCUT2D eigenvalue weighted by Gasteiger charge is -2.31. The third kappa shape index (κ3) is 4.41. The predicted octanol–water partition coefficient (Wildman–Crippen LogP) is 1.51. The Kier molecular flexibility index (Phi) is 5.77. The summed E-state index contributed by atoms with van der Waals surface area (Å²) in [7, 11) is -3.52. The lowest BCUT2D eigenvalue weighted by atomic mass is 10.1. The van der Waals surface area contributed by atoms with Gasteiger partial charge in [0.2, 0.25) is 10.0 Å². The van der Waals surface area contributed by atoms with Crippen LogP contribution < -0.4 is 9.62 Å². The molecule has 0 aliphatic carbocycles. The van der Waals surface area contributed by atoms with Crippen LogP contribution in [-0.4, -0.2) is 43.7 Å². The zero-order valence-electron chi connectivity index (χ0n) is 13.2. The fourth-order valence-electron chi connectivity index (χ4n) is 2.71. The Morgan fingerprint density at radius 2 is 2.27 bits per heavy atom. The maximum atomic E-state index is 12.3. The minimum Gasteiger partial charge on any atom is -0.391 e. The van der Waals surface area contributed by atoms with Crippen molar-refractivity contribution in [3.05, 3.63) is 18.3 Å². The normalized spacial score (nSPS) is 20.9. The molecule has 0 radical (unpaired) electrons. The largest absolute Gasteiger partial charge is 0.391 e. The highest BCUT2D eigenvalue weighted by molar-refractivity contribution is 7.89. The molecule has 2 N–H and O–H groups in total. The van der Waals surface area contributed by atoms with Gasteiger partial charge < -0.3 is 10.0 Å². The van der Waals surface area contributed by atoms with Crippen LogP contribution in [0.4, 0.5) is 5.82 Å². The molecule has 22 heavy (non-hydrogen) atoms. The maximum Gasteiger partial charge on any atom is 0.242 e. The third-order valence-corrected chi connectivity index (χ3v) is 5.40. The van der Waals surface area contributed by atoms with Gasteiger partial charge in [-0.25, -0.2) is 18.1 Å². The van der Waals surface area contributed by atoms with Gasteiger partial charge in [0.1, 0.15) is 10.7 Å². The number of nitrogens with zero attached hydrogens (tertiary/aromatic N) is 2. The first kappa shape index (κ1) is 17.2. The average molecular weight is 327 g/mol. The summed E-state index contributed by atoms with van der Waals surface area (Å²) in [5, 5.41) is 9.70. The van der Waals surface area contributed by atoms with Crippen LogP contribution in [0.2, 0.25) is 0 Å². The number of aromatic nitrogens is 1. The van der Waals surface area contributed by atoms with E-state index in [1.807, 2.05) is 18.7 Å². The molecule has 2 atom stereocenters. The molecule has 1 aliphatic heterocycles. The number of β-amino-alcohol motifs (C(OH)–C–C–N with tert-alkyl or cyclic N) is 1. The van der Waals surface area contributed by atoms with Crippen LogP contribution in [0.1, 0.15) is 39.5 Å². The Balaban J connectivity index is 2.07. The highest BCUT2D eigenvalue weighted by Crippen LogP contribution is 2.19.